The van der Waals surface area contributed by atoms with Gasteiger partial charge in [-0.2, -0.15) is 0 Å². The first-order valence-electron chi connectivity index (χ1n) is 12.4. The van der Waals surface area contributed by atoms with E-state index in [4.69, 9.17) is 18.9 Å². The number of carbonyl (C=O) groups is 4. The number of aliphatic hydroxyl groups excluding tert-OH is 2. The maximum atomic E-state index is 13.5. The molecule has 0 unspecified atom stereocenters. The highest BCUT2D eigenvalue weighted by Gasteiger charge is 2.82. The Bertz CT molecular complexity index is 1060. The normalized spacial score (nSPS) is 48.8. The van der Waals surface area contributed by atoms with Gasteiger partial charge in [-0.15, -0.1) is 0 Å². The van der Waals surface area contributed by atoms with Crippen LogP contribution in [0.3, 0.4) is 0 Å². The number of ether oxygens (including phenoxy) is 4. The number of fused-ring (bicyclic) bond motifs is 1. The Morgan fingerprint density at radius 1 is 0.973 bits per heavy atom. The zero-order valence-electron chi connectivity index (χ0n) is 22.0. The Morgan fingerprint density at radius 3 is 2.05 bits per heavy atom. The summed E-state index contributed by atoms with van der Waals surface area (Å²) in [6.07, 6.45) is -7.28. The molecule has 11 atom stereocenters. The molecule has 0 spiro atoms. The summed E-state index contributed by atoms with van der Waals surface area (Å²) in [6, 6.07) is 0. The zero-order chi connectivity index (χ0) is 27.9. The molecule has 1 saturated heterocycles. The van der Waals surface area contributed by atoms with Crippen LogP contribution < -0.4 is 0 Å². The van der Waals surface area contributed by atoms with Gasteiger partial charge in [0.25, 0.3) is 0 Å². The van der Waals surface area contributed by atoms with Gasteiger partial charge in [0.15, 0.2) is 23.6 Å². The number of aliphatic hydroxyl groups is 3. The van der Waals surface area contributed by atoms with Crippen molar-refractivity contribution in [1.29, 1.82) is 0 Å². The van der Waals surface area contributed by atoms with E-state index >= 15 is 0 Å². The molecule has 1 heterocycles. The van der Waals surface area contributed by atoms with E-state index in [0.717, 1.165) is 13.8 Å². The number of ketones is 1. The molecule has 0 aromatic rings. The summed E-state index contributed by atoms with van der Waals surface area (Å²) in [6.45, 7) is 11.9. The summed E-state index contributed by atoms with van der Waals surface area (Å²) < 4.78 is 23.1. The van der Waals surface area contributed by atoms with Gasteiger partial charge in [0.05, 0.1) is 24.2 Å². The van der Waals surface area contributed by atoms with E-state index in [2.05, 4.69) is 6.58 Å². The zero-order valence-corrected chi connectivity index (χ0v) is 22.0. The number of Topliss-reactive ketones (excluding diaryl/α,β-unsaturated/α-hetero) is 1. The third kappa shape index (κ3) is 3.47. The molecule has 4 aliphatic rings. The number of rotatable bonds is 3. The smallest absolute Gasteiger partial charge is 0.303 e. The van der Waals surface area contributed by atoms with Gasteiger partial charge in [-0.25, -0.2) is 0 Å². The molecule has 1 aliphatic heterocycles. The standard InChI is InChI=1S/C26H36O11/c1-11-16(30)9-18(35-12(2)27)24(6)19(11)20(32)15-8-17(31)25(7)26(33,23(15,5)10-34-25)22(37-14(4)29)21(24)36-13(3)28/h15-16,18-22,30,32-33H,1,8-10H2,2-7H3/t15-,16-,18-,19-,20+,21-,22-,23+,24+,25-,26-/m0/s1. The van der Waals surface area contributed by atoms with E-state index in [1.807, 2.05) is 0 Å². The molecule has 4 bridgehead atoms. The number of carbonyl (C=O) groups excluding carboxylic acids is 4. The third-order valence-electron chi connectivity index (χ3n) is 9.59. The van der Waals surface area contributed by atoms with Crippen molar-refractivity contribution in [2.24, 2.45) is 22.7 Å². The first-order valence-corrected chi connectivity index (χ1v) is 12.4. The molecule has 37 heavy (non-hydrogen) atoms. The topological polar surface area (TPSA) is 166 Å². The molecule has 206 valence electrons. The van der Waals surface area contributed by atoms with E-state index in [0.29, 0.717) is 0 Å². The average molecular weight is 525 g/mol. The number of esters is 3. The Morgan fingerprint density at radius 2 is 1.51 bits per heavy atom. The minimum absolute atomic E-state index is 0.143. The summed E-state index contributed by atoms with van der Waals surface area (Å²) in [5.41, 5.74) is -6.83. The molecule has 3 saturated carbocycles. The van der Waals surface area contributed by atoms with Gasteiger partial charge < -0.3 is 34.3 Å². The van der Waals surface area contributed by atoms with Crippen molar-refractivity contribution in [3.8, 4) is 0 Å². The van der Waals surface area contributed by atoms with Crippen LogP contribution in [-0.2, 0) is 38.1 Å². The fourth-order valence-corrected chi connectivity index (χ4v) is 7.66. The van der Waals surface area contributed by atoms with Crippen LogP contribution in [0.25, 0.3) is 0 Å². The molecule has 0 aromatic heterocycles. The molecule has 4 rings (SSSR count). The summed E-state index contributed by atoms with van der Waals surface area (Å²) in [5.74, 6) is -4.86. The Balaban J connectivity index is 2.09. The summed E-state index contributed by atoms with van der Waals surface area (Å²) >= 11 is 0. The van der Waals surface area contributed by atoms with Crippen LogP contribution in [0.15, 0.2) is 12.2 Å². The van der Waals surface area contributed by atoms with Crippen LogP contribution in [0, 0.1) is 22.7 Å². The largest absolute Gasteiger partial charge is 0.462 e. The van der Waals surface area contributed by atoms with Crippen LogP contribution in [0.1, 0.15) is 54.4 Å². The predicted molar refractivity (Wildman–Crippen MR) is 125 cm³/mol. The van der Waals surface area contributed by atoms with Crippen LogP contribution >= 0.6 is 0 Å². The molecule has 11 heteroatoms. The van der Waals surface area contributed by atoms with E-state index < -0.39 is 88.1 Å². The van der Waals surface area contributed by atoms with Gasteiger partial charge in [0.1, 0.15) is 11.7 Å². The second-order valence-electron chi connectivity index (χ2n) is 11.6. The van der Waals surface area contributed by atoms with Gasteiger partial charge in [0, 0.05) is 50.9 Å². The number of hydrogen-bond acceptors (Lipinski definition) is 11. The molecule has 0 radical (unpaired) electrons. The minimum Gasteiger partial charge on any atom is -0.462 e. The molecule has 0 aromatic carbocycles. The average Bonchev–Trinajstić information content (AvgIpc) is 2.92. The summed E-state index contributed by atoms with van der Waals surface area (Å²) in [4.78, 5) is 50.7. The number of hydrogen-bond donors (Lipinski definition) is 3. The van der Waals surface area contributed by atoms with Crippen molar-refractivity contribution in [3.05, 3.63) is 12.2 Å². The predicted octanol–water partition coefficient (Wildman–Crippen LogP) is 0.215. The van der Waals surface area contributed by atoms with Gasteiger partial charge >= 0.3 is 17.9 Å². The summed E-state index contributed by atoms with van der Waals surface area (Å²) in [7, 11) is 0. The molecule has 3 N–H and O–H groups in total. The molecule has 4 fully saturated rings. The molecule has 0 amide bonds. The van der Waals surface area contributed by atoms with Crippen LogP contribution in [0.5, 0.6) is 0 Å². The van der Waals surface area contributed by atoms with E-state index in [-0.39, 0.29) is 25.0 Å². The van der Waals surface area contributed by atoms with Crippen molar-refractivity contribution >= 4 is 23.7 Å². The minimum atomic E-state index is -2.25. The van der Waals surface area contributed by atoms with Gasteiger partial charge in [-0.3, -0.25) is 19.2 Å². The first-order chi connectivity index (χ1) is 17.0. The third-order valence-corrected chi connectivity index (χ3v) is 9.59. The lowest BCUT2D eigenvalue weighted by atomic mass is 9.44. The van der Waals surface area contributed by atoms with Crippen molar-refractivity contribution in [3.63, 3.8) is 0 Å². The SMILES string of the molecule is C=C1[C@@H](O)C[C@H](OC(C)=O)[C@@]2(C)[C@@H](OC(C)=O)[C@H](OC(C)=O)[C@@]3(O)[C@@]4(C)OC[C@]3(C)[C@@H](CC4=O)[C@@H](O)[C@H]12. The monoisotopic (exact) mass is 524 g/mol. The maximum absolute atomic E-state index is 13.5. The second-order valence-corrected chi connectivity index (χ2v) is 11.6. The lowest BCUT2D eigenvalue weighted by Crippen LogP contribution is -2.80. The molecular weight excluding hydrogens is 488 g/mol. The fraction of sp³-hybridized carbons (Fsp3) is 0.769. The lowest BCUT2D eigenvalue weighted by Gasteiger charge is -2.64. The van der Waals surface area contributed by atoms with Gasteiger partial charge in [0.2, 0.25) is 0 Å². The maximum Gasteiger partial charge on any atom is 0.303 e. The second kappa shape index (κ2) is 8.59. The highest BCUT2D eigenvalue weighted by molar-refractivity contribution is 5.91. The van der Waals surface area contributed by atoms with Crippen LogP contribution in [0.4, 0.5) is 0 Å². The van der Waals surface area contributed by atoms with E-state index in [9.17, 15) is 34.5 Å². The van der Waals surface area contributed by atoms with Crippen molar-refractivity contribution in [1.82, 2.24) is 0 Å². The first kappa shape index (κ1) is 27.7. The van der Waals surface area contributed by atoms with Crippen molar-refractivity contribution < 1.29 is 53.4 Å². The fourth-order valence-electron chi connectivity index (χ4n) is 7.66. The van der Waals surface area contributed by atoms with Gasteiger partial charge in [-0.1, -0.05) is 20.4 Å². The van der Waals surface area contributed by atoms with E-state index in [1.165, 1.54) is 13.8 Å². The van der Waals surface area contributed by atoms with Crippen LogP contribution in [-0.4, -0.2) is 87.3 Å². The Kier molecular flexibility index (Phi) is 6.43. The summed E-state index contributed by atoms with van der Waals surface area (Å²) in [5, 5.41) is 35.5. The van der Waals surface area contributed by atoms with Crippen LogP contribution in [0.2, 0.25) is 0 Å². The quantitative estimate of drug-likeness (QED) is 0.262. The molecule has 11 nitrogen and oxygen atoms in total. The molecular formula is C26H36O11. The van der Waals surface area contributed by atoms with Crippen molar-refractivity contribution in [2.75, 3.05) is 6.61 Å². The Hall–Kier alpha value is -2.34. The Labute approximate surface area is 215 Å². The van der Waals surface area contributed by atoms with Gasteiger partial charge in [-0.05, 0) is 12.5 Å². The van der Waals surface area contributed by atoms with E-state index in [1.54, 1.807) is 13.8 Å². The highest BCUT2D eigenvalue weighted by atomic mass is 16.6. The lowest BCUT2D eigenvalue weighted by molar-refractivity contribution is -0.294. The van der Waals surface area contributed by atoms with Crippen molar-refractivity contribution in [2.45, 2.75) is 96.1 Å². The highest BCUT2D eigenvalue weighted by Crippen LogP contribution is 2.66. The molecule has 3 aliphatic carbocycles.